The largest absolute Gasteiger partial charge is 0.463 e. The molecule has 0 bridgehead atoms. The van der Waals surface area contributed by atoms with Crippen LogP contribution in [-0.2, 0) is 15.7 Å². The highest BCUT2D eigenvalue weighted by molar-refractivity contribution is 7.99. The molecule has 1 aromatic carbocycles. The Balaban J connectivity index is 2.04. The van der Waals surface area contributed by atoms with E-state index in [1.807, 2.05) is 0 Å². The molecular formula is C22H19F3N4O3S. The molecule has 2 N–H and O–H groups in total. The van der Waals surface area contributed by atoms with Gasteiger partial charge in [0, 0.05) is 17.1 Å². The van der Waals surface area contributed by atoms with Gasteiger partial charge in [-0.1, -0.05) is 42.1 Å². The fraction of sp³-hybridized carbons (Fsp3) is 0.273. The second-order valence-corrected chi connectivity index (χ2v) is 7.91. The van der Waals surface area contributed by atoms with E-state index in [1.54, 1.807) is 43.3 Å². The van der Waals surface area contributed by atoms with Crippen LogP contribution in [0.15, 0.2) is 52.7 Å². The minimum Gasteiger partial charge on any atom is -0.463 e. The summed E-state index contributed by atoms with van der Waals surface area (Å²) in [5.41, 5.74) is -0.704. The van der Waals surface area contributed by atoms with Crippen molar-refractivity contribution in [3.05, 3.63) is 70.1 Å². The van der Waals surface area contributed by atoms with Gasteiger partial charge in [0.1, 0.15) is 11.1 Å². The number of ether oxygens (including phenoxy) is 1. The number of nitrogens with zero attached hydrogens (tertiary/aromatic N) is 2. The van der Waals surface area contributed by atoms with Gasteiger partial charge in [0.15, 0.2) is 0 Å². The number of hydrogen-bond acceptors (Lipinski definition) is 6. The maximum absolute atomic E-state index is 13.4. The molecule has 172 valence electrons. The molecule has 11 heteroatoms. The first-order valence-electron chi connectivity index (χ1n) is 9.80. The normalized spacial score (nSPS) is 16.0. The van der Waals surface area contributed by atoms with Crippen LogP contribution < -0.4 is 10.6 Å². The number of aromatic nitrogens is 1. The number of esters is 1. The van der Waals surface area contributed by atoms with Crippen molar-refractivity contribution in [1.29, 1.82) is 5.26 Å². The van der Waals surface area contributed by atoms with Crippen molar-refractivity contribution in [3.8, 4) is 6.07 Å². The number of urea groups is 1. The van der Waals surface area contributed by atoms with Crippen molar-refractivity contribution in [1.82, 2.24) is 15.6 Å². The van der Waals surface area contributed by atoms with Crippen LogP contribution in [0, 0.1) is 18.3 Å². The van der Waals surface area contributed by atoms with Gasteiger partial charge in [-0.3, -0.25) is 0 Å². The zero-order valence-electron chi connectivity index (χ0n) is 17.6. The summed E-state index contributed by atoms with van der Waals surface area (Å²) in [4.78, 5) is 29.2. The zero-order valence-corrected chi connectivity index (χ0v) is 18.4. The lowest BCUT2D eigenvalue weighted by Crippen LogP contribution is -2.46. The Labute approximate surface area is 192 Å². The number of alkyl halides is 3. The lowest BCUT2D eigenvalue weighted by molar-refractivity contribution is -0.139. The van der Waals surface area contributed by atoms with Crippen LogP contribution in [0.25, 0.3) is 0 Å². The SMILES string of the molecule is CCOC(=O)C1=C(CSc2nc(C)cc(C(F)(F)F)c2C#N)NC(=O)NC1c1ccccc1. The van der Waals surface area contributed by atoms with E-state index in [2.05, 4.69) is 15.6 Å². The monoisotopic (exact) mass is 476 g/mol. The molecule has 0 fully saturated rings. The molecule has 1 aliphatic heterocycles. The molecule has 33 heavy (non-hydrogen) atoms. The molecule has 1 aromatic heterocycles. The van der Waals surface area contributed by atoms with Crippen molar-refractivity contribution in [2.45, 2.75) is 31.1 Å². The van der Waals surface area contributed by atoms with Gasteiger partial charge >= 0.3 is 18.2 Å². The van der Waals surface area contributed by atoms with Crippen molar-refractivity contribution in [2.75, 3.05) is 12.4 Å². The van der Waals surface area contributed by atoms with Crippen LogP contribution in [-0.4, -0.2) is 29.3 Å². The number of pyridine rings is 1. The van der Waals surface area contributed by atoms with Crippen molar-refractivity contribution < 1.29 is 27.5 Å². The van der Waals surface area contributed by atoms with Crippen LogP contribution >= 0.6 is 11.8 Å². The average Bonchev–Trinajstić information content (AvgIpc) is 2.77. The van der Waals surface area contributed by atoms with E-state index in [9.17, 15) is 28.0 Å². The summed E-state index contributed by atoms with van der Waals surface area (Å²) in [6.45, 7) is 3.11. The lowest BCUT2D eigenvalue weighted by atomic mass is 9.95. The molecule has 0 saturated carbocycles. The molecule has 0 aliphatic carbocycles. The quantitative estimate of drug-likeness (QED) is 0.477. The predicted molar refractivity (Wildman–Crippen MR) is 114 cm³/mol. The summed E-state index contributed by atoms with van der Waals surface area (Å²) in [5.74, 6) is -0.795. The highest BCUT2D eigenvalue weighted by Gasteiger charge is 2.37. The summed E-state index contributed by atoms with van der Waals surface area (Å²) in [6, 6.07) is 9.71. The number of carbonyl (C=O) groups is 2. The molecule has 1 atom stereocenters. The summed E-state index contributed by atoms with van der Waals surface area (Å²) >= 11 is 0.819. The van der Waals surface area contributed by atoms with Crippen LogP contribution in [0.3, 0.4) is 0 Å². The first kappa shape index (κ1) is 24.1. The summed E-state index contributed by atoms with van der Waals surface area (Å²) < 4.78 is 45.4. The average molecular weight is 476 g/mol. The number of carbonyl (C=O) groups excluding carboxylic acids is 2. The number of thioether (sulfide) groups is 1. The van der Waals surface area contributed by atoms with Gasteiger partial charge in [0.2, 0.25) is 0 Å². The van der Waals surface area contributed by atoms with Gasteiger partial charge in [0.25, 0.3) is 0 Å². The van der Waals surface area contributed by atoms with Crippen molar-refractivity contribution in [3.63, 3.8) is 0 Å². The maximum atomic E-state index is 13.4. The topological polar surface area (TPSA) is 104 Å². The van der Waals surface area contributed by atoms with E-state index < -0.39 is 35.3 Å². The Hall–Kier alpha value is -3.52. The zero-order chi connectivity index (χ0) is 24.2. The Morgan fingerprint density at radius 2 is 2.00 bits per heavy atom. The summed E-state index contributed by atoms with van der Waals surface area (Å²) in [6.07, 6.45) is -4.73. The fourth-order valence-electron chi connectivity index (χ4n) is 3.30. The third-order valence-corrected chi connectivity index (χ3v) is 5.67. The second kappa shape index (κ2) is 9.95. The van der Waals surface area contributed by atoms with Gasteiger partial charge in [-0.25, -0.2) is 14.6 Å². The van der Waals surface area contributed by atoms with Crippen LogP contribution in [0.2, 0.25) is 0 Å². The van der Waals surface area contributed by atoms with Gasteiger partial charge in [0.05, 0.1) is 29.3 Å². The number of hydrogen-bond donors (Lipinski definition) is 2. The predicted octanol–water partition coefficient (Wildman–Crippen LogP) is 4.24. The first-order valence-corrected chi connectivity index (χ1v) is 10.8. The first-order chi connectivity index (χ1) is 15.7. The summed E-state index contributed by atoms with van der Waals surface area (Å²) in [7, 11) is 0. The highest BCUT2D eigenvalue weighted by Crippen LogP contribution is 2.37. The summed E-state index contributed by atoms with van der Waals surface area (Å²) in [5, 5.41) is 14.4. The molecule has 2 amide bonds. The number of benzene rings is 1. The number of aryl methyl sites for hydroxylation is 1. The maximum Gasteiger partial charge on any atom is 0.417 e. The number of nitrogens with one attached hydrogen (secondary N) is 2. The van der Waals surface area contributed by atoms with Crippen molar-refractivity contribution in [2.24, 2.45) is 0 Å². The van der Waals surface area contributed by atoms with Gasteiger partial charge in [-0.2, -0.15) is 18.4 Å². The van der Waals surface area contributed by atoms with E-state index in [0.29, 0.717) is 5.56 Å². The molecule has 2 heterocycles. The van der Waals surface area contributed by atoms with Crippen molar-refractivity contribution >= 4 is 23.8 Å². The molecule has 0 spiro atoms. The second-order valence-electron chi connectivity index (χ2n) is 6.94. The van der Waals surface area contributed by atoms with Gasteiger partial charge < -0.3 is 15.4 Å². The third-order valence-electron chi connectivity index (χ3n) is 4.67. The minimum atomic E-state index is -4.73. The van der Waals surface area contributed by atoms with Gasteiger partial charge in [-0.05, 0) is 25.5 Å². The lowest BCUT2D eigenvalue weighted by Gasteiger charge is -2.29. The Kier molecular flexibility index (Phi) is 7.28. The minimum absolute atomic E-state index is 0.0833. The van der Waals surface area contributed by atoms with E-state index in [0.717, 1.165) is 17.8 Å². The standard InChI is InChI=1S/C22H19F3N4O3S/c1-3-32-20(30)17-16(28-21(31)29-18(17)13-7-5-4-6-8-13)11-33-19-14(10-26)15(22(23,24)25)9-12(2)27-19/h4-9,18H,3,11H2,1-2H3,(H2,28,29,31). The fourth-order valence-corrected chi connectivity index (χ4v) is 4.32. The van der Waals surface area contributed by atoms with E-state index in [1.165, 1.54) is 6.92 Å². The van der Waals surface area contributed by atoms with Crippen LogP contribution in [0.5, 0.6) is 0 Å². The number of nitriles is 1. The van der Waals surface area contributed by atoms with E-state index in [4.69, 9.17) is 4.74 Å². The molecule has 1 aliphatic rings. The molecule has 7 nitrogen and oxygen atoms in total. The van der Waals surface area contributed by atoms with E-state index in [-0.39, 0.29) is 34.3 Å². The molecule has 0 radical (unpaired) electrons. The number of rotatable bonds is 6. The number of amides is 2. The Morgan fingerprint density at radius 3 is 2.61 bits per heavy atom. The van der Waals surface area contributed by atoms with Crippen LogP contribution in [0.1, 0.15) is 35.3 Å². The van der Waals surface area contributed by atoms with E-state index >= 15 is 0 Å². The molecule has 1 unspecified atom stereocenters. The molecular weight excluding hydrogens is 457 g/mol. The molecule has 0 saturated heterocycles. The Bertz CT molecular complexity index is 1140. The molecule has 2 aromatic rings. The smallest absolute Gasteiger partial charge is 0.417 e. The molecule has 3 rings (SSSR count). The highest BCUT2D eigenvalue weighted by atomic mass is 32.2. The third kappa shape index (κ3) is 5.46. The van der Waals surface area contributed by atoms with Gasteiger partial charge in [-0.15, -0.1) is 0 Å². The number of halogens is 3. The van der Waals surface area contributed by atoms with Crippen LogP contribution in [0.4, 0.5) is 18.0 Å². The Morgan fingerprint density at radius 1 is 1.30 bits per heavy atom.